The number of hydrogen-bond donors (Lipinski definition) is 0. The summed E-state index contributed by atoms with van der Waals surface area (Å²) in [4.78, 5) is 10.4. The quantitative estimate of drug-likeness (QED) is 0.416. The van der Waals surface area contributed by atoms with E-state index >= 15 is 0 Å². The molecule has 0 saturated carbocycles. The maximum Gasteiger partial charge on any atom is 0.132 e. The minimum absolute atomic E-state index is 0.189. The zero-order valence-electron chi connectivity index (χ0n) is 7.14. The number of carbonyl (C=O) groups is 1. The lowest BCUT2D eigenvalue weighted by Crippen LogP contribution is -2.01. The van der Waals surface area contributed by atoms with Crippen molar-refractivity contribution in [2.75, 3.05) is 13.2 Å². The van der Waals surface area contributed by atoms with Crippen LogP contribution in [0.3, 0.4) is 0 Å². The Balaban J connectivity index is 2.90. The number of Topliss-reactive ketones (excluding diaryl/α,β-unsaturated/α-hetero) is 1. The molecule has 0 bridgehead atoms. The van der Waals surface area contributed by atoms with E-state index in [0.29, 0.717) is 13.0 Å². The van der Waals surface area contributed by atoms with Crippen molar-refractivity contribution in [3.8, 4) is 0 Å². The molecule has 0 amide bonds. The number of ether oxygens (including phenoxy) is 1. The molecule has 0 heterocycles. The van der Waals surface area contributed by atoms with Crippen LogP contribution in [0.15, 0.2) is 12.7 Å². The monoisotopic (exact) mass is 156 g/mol. The zero-order valence-corrected chi connectivity index (χ0v) is 7.14. The van der Waals surface area contributed by atoms with Gasteiger partial charge in [0.05, 0.1) is 6.61 Å². The maximum absolute atomic E-state index is 10.4. The fourth-order valence-corrected chi connectivity index (χ4v) is 0.648. The number of unbranched alkanes of at least 4 members (excludes halogenated alkanes) is 1. The highest BCUT2D eigenvalue weighted by molar-refractivity contribution is 5.75. The van der Waals surface area contributed by atoms with Crippen LogP contribution in [0.25, 0.3) is 0 Å². The van der Waals surface area contributed by atoms with E-state index in [-0.39, 0.29) is 5.78 Å². The fraction of sp³-hybridized carbons (Fsp3) is 0.667. The number of carbonyl (C=O) groups excluding carboxylic acids is 1. The molecule has 0 aromatic carbocycles. The van der Waals surface area contributed by atoms with Gasteiger partial charge in [0.25, 0.3) is 0 Å². The molecule has 0 aromatic rings. The molecule has 0 fully saturated rings. The van der Waals surface area contributed by atoms with Crippen molar-refractivity contribution in [1.82, 2.24) is 0 Å². The lowest BCUT2D eigenvalue weighted by Gasteiger charge is -1.99. The summed E-state index contributed by atoms with van der Waals surface area (Å²) in [5.74, 6) is 0.189. The van der Waals surface area contributed by atoms with Crippen molar-refractivity contribution in [3.63, 3.8) is 0 Å². The topological polar surface area (TPSA) is 26.3 Å². The van der Waals surface area contributed by atoms with Gasteiger partial charge in [0, 0.05) is 13.0 Å². The van der Waals surface area contributed by atoms with E-state index in [4.69, 9.17) is 4.74 Å². The Morgan fingerprint density at radius 3 is 2.82 bits per heavy atom. The zero-order chi connectivity index (χ0) is 8.53. The summed E-state index contributed by atoms with van der Waals surface area (Å²) in [5, 5.41) is 0. The van der Waals surface area contributed by atoms with Gasteiger partial charge in [-0.15, -0.1) is 6.58 Å². The van der Waals surface area contributed by atoms with Gasteiger partial charge < -0.3 is 4.74 Å². The molecule has 2 heteroatoms. The van der Waals surface area contributed by atoms with Crippen LogP contribution in [-0.4, -0.2) is 19.0 Å². The Morgan fingerprint density at radius 1 is 1.55 bits per heavy atom. The van der Waals surface area contributed by atoms with Gasteiger partial charge in [-0.1, -0.05) is 6.08 Å². The molecule has 11 heavy (non-hydrogen) atoms. The Morgan fingerprint density at radius 2 is 2.27 bits per heavy atom. The molecule has 0 aliphatic rings. The van der Waals surface area contributed by atoms with Gasteiger partial charge >= 0.3 is 0 Å². The highest BCUT2D eigenvalue weighted by Gasteiger charge is 1.92. The predicted octanol–water partition coefficient (Wildman–Crippen LogP) is 1.95. The lowest BCUT2D eigenvalue weighted by atomic mass is 10.3. The van der Waals surface area contributed by atoms with Gasteiger partial charge in [-0.05, 0) is 19.8 Å². The van der Waals surface area contributed by atoms with Crippen molar-refractivity contribution < 1.29 is 9.53 Å². The van der Waals surface area contributed by atoms with Gasteiger partial charge in [0.1, 0.15) is 5.78 Å². The first kappa shape index (κ1) is 10.4. The number of rotatable bonds is 7. The highest BCUT2D eigenvalue weighted by Crippen LogP contribution is 1.91. The van der Waals surface area contributed by atoms with Crippen molar-refractivity contribution in [3.05, 3.63) is 12.7 Å². The molecule has 0 atom stereocenters. The first-order chi connectivity index (χ1) is 5.27. The van der Waals surface area contributed by atoms with E-state index < -0.39 is 0 Å². The van der Waals surface area contributed by atoms with Crippen LogP contribution < -0.4 is 0 Å². The fourth-order valence-electron chi connectivity index (χ4n) is 0.648. The van der Waals surface area contributed by atoms with Gasteiger partial charge in [0.15, 0.2) is 0 Å². The van der Waals surface area contributed by atoms with Crippen LogP contribution in [0.4, 0.5) is 0 Å². The molecule has 64 valence electrons. The van der Waals surface area contributed by atoms with E-state index in [1.807, 2.05) is 6.08 Å². The van der Waals surface area contributed by atoms with Crippen LogP contribution in [0.5, 0.6) is 0 Å². The van der Waals surface area contributed by atoms with Crippen LogP contribution in [0, 0.1) is 0 Å². The molecule has 0 radical (unpaired) electrons. The molecule has 0 saturated heterocycles. The van der Waals surface area contributed by atoms with Gasteiger partial charge in [0.2, 0.25) is 0 Å². The lowest BCUT2D eigenvalue weighted by molar-refractivity contribution is -0.118. The van der Waals surface area contributed by atoms with Crippen molar-refractivity contribution in [2.45, 2.75) is 26.2 Å². The van der Waals surface area contributed by atoms with Gasteiger partial charge in [-0.2, -0.15) is 0 Å². The summed E-state index contributed by atoms with van der Waals surface area (Å²) < 4.78 is 5.18. The average molecular weight is 156 g/mol. The van der Waals surface area contributed by atoms with Crippen molar-refractivity contribution >= 4 is 5.78 Å². The minimum atomic E-state index is 0.189. The van der Waals surface area contributed by atoms with Crippen molar-refractivity contribution in [2.24, 2.45) is 0 Å². The molecular formula is C9H16O2. The summed E-state index contributed by atoms with van der Waals surface area (Å²) in [7, 11) is 0. The average Bonchev–Trinajstić information content (AvgIpc) is 1.96. The normalized spacial score (nSPS) is 9.55. The maximum atomic E-state index is 10.4. The second kappa shape index (κ2) is 7.48. The summed E-state index contributed by atoms with van der Waals surface area (Å²) in [6, 6.07) is 0. The molecule has 0 aliphatic carbocycles. The van der Waals surface area contributed by atoms with Crippen LogP contribution >= 0.6 is 0 Å². The standard InChI is InChI=1S/C9H16O2/c1-3-4-5-7-11-8-6-9(2)10/h3H,1,4-8H2,2H3. The molecular weight excluding hydrogens is 140 g/mol. The number of allylic oxidation sites excluding steroid dienone is 1. The van der Waals surface area contributed by atoms with Crippen LogP contribution in [0.1, 0.15) is 26.2 Å². The molecule has 0 unspecified atom stereocenters. The Kier molecular flexibility index (Phi) is 7.05. The van der Waals surface area contributed by atoms with Crippen LogP contribution in [0.2, 0.25) is 0 Å². The number of hydrogen-bond acceptors (Lipinski definition) is 2. The van der Waals surface area contributed by atoms with E-state index in [2.05, 4.69) is 6.58 Å². The molecule has 0 aromatic heterocycles. The summed E-state index contributed by atoms with van der Waals surface area (Å²) in [5.41, 5.74) is 0. The van der Waals surface area contributed by atoms with E-state index in [1.54, 1.807) is 6.92 Å². The van der Waals surface area contributed by atoms with Gasteiger partial charge in [-0.25, -0.2) is 0 Å². The Hall–Kier alpha value is -0.630. The second-order valence-corrected chi connectivity index (χ2v) is 2.50. The Bertz CT molecular complexity index is 119. The summed E-state index contributed by atoms with van der Waals surface area (Å²) >= 11 is 0. The third-order valence-corrected chi connectivity index (χ3v) is 1.30. The van der Waals surface area contributed by atoms with Crippen molar-refractivity contribution in [1.29, 1.82) is 0 Å². The number of ketones is 1. The largest absolute Gasteiger partial charge is 0.381 e. The summed E-state index contributed by atoms with van der Waals surface area (Å²) in [6.45, 7) is 6.47. The first-order valence-electron chi connectivity index (χ1n) is 3.95. The van der Waals surface area contributed by atoms with E-state index in [1.165, 1.54) is 0 Å². The molecule has 0 rings (SSSR count). The summed E-state index contributed by atoms with van der Waals surface area (Å²) in [6.07, 6.45) is 4.39. The third kappa shape index (κ3) is 9.37. The smallest absolute Gasteiger partial charge is 0.132 e. The SMILES string of the molecule is C=CCCCOCCC(C)=O. The first-order valence-corrected chi connectivity index (χ1v) is 3.95. The molecule has 0 aliphatic heterocycles. The Labute approximate surface area is 68.2 Å². The molecule has 0 N–H and O–H groups in total. The van der Waals surface area contributed by atoms with E-state index in [9.17, 15) is 4.79 Å². The molecule has 0 spiro atoms. The third-order valence-electron chi connectivity index (χ3n) is 1.30. The van der Waals surface area contributed by atoms with Crippen LogP contribution in [-0.2, 0) is 9.53 Å². The van der Waals surface area contributed by atoms with E-state index in [0.717, 1.165) is 19.4 Å². The molecule has 2 nitrogen and oxygen atoms in total. The van der Waals surface area contributed by atoms with Gasteiger partial charge in [-0.3, -0.25) is 4.79 Å². The highest BCUT2D eigenvalue weighted by atomic mass is 16.5. The second-order valence-electron chi connectivity index (χ2n) is 2.50. The minimum Gasteiger partial charge on any atom is -0.381 e. The predicted molar refractivity (Wildman–Crippen MR) is 45.5 cm³/mol.